The van der Waals surface area contributed by atoms with Crippen LogP contribution < -0.4 is 5.32 Å². The van der Waals surface area contributed by atoms with Crippen LogP contribution in [0.15, 0.2) is 47.6 Å². The van der Waals surface area contributed by atoms with Gasteiger partial charge in [-0.3, -0.25) is 0 Å². The van der Waals surface area contributed by atoms with Crippen LogP contribution in [0.2, 0.25) is 0 Å². The van der Waals surface area contributed by atoms with E-state index >= 15 is 0 Å². The number of anilines is 2. The molecular formula is C15H14N4O2S. The first-order valence-corrected chi connectivity index (χ1v) is 7.79. The summed E-state index contributed by atoms with van der Waals surface area (Å²) in [6.07, 6.45) is 3.51. The molecule has 0 bridgehead atoms. The first-order chi connectivity index (χ1) is 10.7. The summed E-state index contributed by atoms with van der Waals surface area (Å²) in [6.45, 7) is 0. The van der Waals surface area contributed by atoms with Gasteiger partial charge in [0.25, 0.3) is 0 Å². The lowest BCUT2D eigenvalue weighted by molar-refractivity contribution is 0.0596. The van der Waals surface area contributed by atoms with E-state index in [1.54, 1.807) is 16.8 Å². The predicted octanol–water partition coefficient (Wildman–Crippen LogP) is 2.98. The van der Waals surface area contributed by atoms with E-state index in [4.69, 9.17) is 4.74 Å². The van der Waals surface area contributed by atoms with Crippen molar-refractivity contribution in [3.8, 4) is 0 Å². The van der Waals surface area contributed by atoms with Gasteiger partial charge < -0.3 is 10.1 Å². The molecule has 2 heterocycles. The Morgan fingerprint density at radius 3 is 2.73 bits per heavy atom. The number of esters is 1. The number of benzene rings is 1. The molecule has 22 heavy (non-hydrogen) atoms. The van der Waals surface area contributed by atoms with Gasteiger partial charge in [-0.1, -0.05) is 18.2 Å². The van der Waals surface area contributed by atoms with Gasteiger partial charge in [-0.05, 0) is 18.4 Å². The lowest BCUT2D eigenvalue weighted by Gasteiger charge is -2.14. The summed E-state index contributed by atoms with van der Waals surface area (Å²) in [5.41, 5.74) is 1.88. The lowest BCUT2D eigenvalue weighted by atomic mass is 10.2. The second kappa shape index (κ2) is 6.07. The van der Waals surface area contributed by atoms with Gasteiger partial charge >= 0.3 is 5.97 Å². The minimum absolute atomic E-state index is 0.370. The average Bonchev–Trinajstić information content (AvgIpc) is 3.03. The molecule has 0 radical (unpaired) electrons. The number of carbonyl (C=O) groups is 1. The van der Waals surface area contributed by atoms with Gasteiger partial charge in [0.2, 0.25) is 0 Å². The second-order valence-corrected chi connectivity index (χ2v) is 5.22. The minimum Gasteiger partial charge on any atom is -0.465 e. The van der Waals surface area contributed by atoms with Crippen molar-refractivity contribution < 1.29 is 9.53 Å². The largest absolute Gasteiger partial charge is 0.465 e. The maximum Gasteiger partial charge on any atom is 0.344 e. The van der Waals surface area contributed by atoms with E-state index in [0.717, 1.165) is 5.69 Å². The fraction of sp³-hybridized carbons (Fsp3) is 0.133. The number of thioether (sulfide) groups is 1. The maximum atomic E-state index is 12.2. The van der Waals surface area contributed by atoms with Gasteiger partial charge in [-0.25, -0.2) is 9.78 Å². The highest BCUT2D eigenvalue weighted by molar-refractivity contribution is 7.98. The molecule has 0 aliphatic rings. The molecule has 0 aliphatic carbocycles. The van der Waals surface area contributed by atoms with E-state index in [0.29, 0.717) is 22.1 Å². The number of methoxy groups -OCH3 is 1. The van der Waals surface area contributed by atoms with Crippen LogP contribution in [0.1, 0.15) is 10.4 Å². The smallest absolute Gasteiger partial charge is 0.344 e. The number of carbonyl (C=O) groups excluding carboxylic acids is 1. The summed E-state index contributed by atoms with van der Waals surface area (Å²) in [6, 6.07) is 11.4. The molecule has 0 amide bonds. The fourth-order valence-corrected chi connectivity index (χ4v) is 2.70. The van der Waals surface area contributed by atoms with Crippen molar-refractivity contribution in [1.82, 2.24) is 14.6 Å². The van der Waals surface area contributed by atoms with Crippen molar-refractivity contribution in [2.45, 2.75) is 5.03 Å². The molecular weight excluding hydrogens is 300 g/mol. The number of aromatic nitrogens is 3. The Bertz CT molecular complexity index is 817. The molecule has 0 saturated heterocycles. The summed E-state index contributed by atoms with van der Waals surface area (Å²) in [5.74, 6) is 0.0880. The summed E-state index contributed by atoms with van der Waals surface area (Å²) < 4.78 is 6.51. The Hall–Kier alpha value is -2.54. The van der Waals surface area contributed by atoms with Gasteiger partial charge in [0.1, 0.15) is 10.6 Å². The van der Waals surface area contributed by atoms with Gasteiger partial charge in [0.15, 0.2) is 11.5 Å². The van der Waals surface area contributed by atoms with Crippen LogP contribution in [0.25, 0.3) is 5.65 Å². The molecule has 6 nitrogen and oxygen atoms in total. The first-order valence-electron chi connectivity index (χ1n) is 6.56. The molecule has 2 aromatic heterocycles. The van der Waals surface area contributed by atoms with Crippen LogP contribution in [0.3, 0.4) is 0 Å². The topological polar surface area (TPSA) is 68.5 Å². The molecule has 3 rings (SSSR count). The summed E-state index contributed by atoms with van der Waals surface area (Å²) in [5, 5.41) is 8.08. The van der Waals surface area contributed by atoms with Crippen molar-refractivity contribution in [2.75, 3.05) is 18.7 Å². The maximum absolute atomic E-state index is 12.2. The molecule has 0 aliphatic heterocycles. The number of nitrogens with one attached hydrogen (secondary N) is 1. The number of rotatable bonds is 4. The third kappa shape index (κ3) is 2.50. The predicted molar refractivity (Wildman–Crippen MR) is 85.8 cm³/mol. The van der Waals surface area contributed by atoms with Gasteiger partial charge in [-0.15, -0.1) is 11.8 Å². The Kier molecular flexibility index (Phi) is 3.97. The van der Waals surface area contributed by atoms with Gasteiger partial charge in [0, 0.05) is 11.8 Å². The fourth-order valence-electron chi connectivity index (χ4n) is 2.13. The van der Waals surface area contributed by atoms with Crippen LogP contribution in [0.4, 0.5) is 11.5 Å². The zero-order valence-corrected chi connectivity index (χ0v) is 12.9. The molecule has 1 aromatic carbocycles. The number of fused-ring (bicyclic) bond motifs is 1. The van der Waals surface area contributed by atoms with Crippen molar-refractivity contribution in [1.29, 1.82) is 0 Å². The van der Waals surface area contributed by atoms with E-state index in [1.807, 2.05) is 36.6 Å². The van der Waals surface area contributed by atoms with Crippen LogP contribution in [-0.2, 0) is 4.74 Å². The molecule has 0 atom stereocenters. The molecule has 0 spiro atoms. The van der Waals surface area contributed by atoms with Crippen molar-refractivity contribution >= 4 is 34.9 Å². The number of ether oxygens (including phenoxy) is 1. The summed E-state index contributed by atoms with van der Waals surface area (Å²) in [7, 11) is 1.35. The van der Waals surface area contributed by atoms with E-state index in [2.05, 4.69) is 15.4 Å². The quantitative estimate of drug-likeness (QED) is 0.453. The Morgan fingerprint density at radius 1 is 1.27 bits per heavy atom. The number of nitrogens with zero attached hydrogens (tertiary/aromatic N) is 3. The summed E-state index contributed by atoms with van der Waals surface area (Å²) >= 11 is 1.39. The molecule has 0 fully saturated rings. The summed E-state index contributed by atoms with van der Waals surface area (Å²) in [4.78, 5) is 16.7. The highest BCUT2D eigenvalue weighted by Gasteiger charge is 2.22. The SMILES string of the molecule is COC(=O)c1c(SC)nc2ccnn2c1Nc1ccccc1. The lowest BCUT2D eigenvalue weighted by Crippen LogP contribution is -2.13. The van der Waals surface area contributed by atoms with Crippen molar-refractivity contribution in [2.24, 2.45) is 0 Å². The van der Waals surface area contributed by atoms with Gasteiger partial charge in [0.05, 0.1) is 13.3 Å². The number of hydrogen-bond donors (Lipinski definition) is 1. The van der Waals surface area contributed by atoms with Crippen LogP contribution in [-0.4, -0.2) is 33.9 Å². The van der Waals surface area contributed by atoms with E-state index in [9.17, 15) is 4.79 Å². The van der Waals surface area contributed by atoms with E-state index in [-0.39, 0.29) is 0 Å². The number of para-hydroxylation sites is 1. The Balaban J connectivity index is 2.24. The molecule has 3 aromatic rings. The first kappa shape index (κ1) is 14.4. The third-order valence-corrected chi connectivity index (χ3v) is 3.80. The number of hydrogen-bond acceptors (Lipinski definition) is 6. The van der Waals surface area contributed by atoms with Crippen molar-refractivity contribution in [3.63, 3.8) is 0 Å². The Morgan fingerprint density at radius 2 is 2.05 bits per heavy atom. The molecule has 0 saturated carbocycles. The van der Waals surface area contributed by atoms with Crippen LogP contribution >= 0.6 is 11.8 Å². The van der Waals surface area contributed by atoms with E-state index in [1.165, 1.54) is 18.9 Å². The molecule has 112 valence electrons. The standard InChI is InChI=1S/C15H14N4O2S/c1-21-15(20)12-13(17-10-6-4-3-5-7-10)19-11(8-9-16-19)18-14(12)22-2/h3-9,17H,1-2H3. The monoisotopic (exact) mass is 314 g/mol. The third-order valence-electron chi connectivity index (χ3n) is 3.12. The average molecular weight is 314 g/mol. The molecule has 0 unspecified atom stereocenters. The zero-order valence-electron chi connectivity index (χ0n) is 12.1. The Labute approximate surface area is 131 Å². The van der Waals surface area contributed by atoms with Crippen LogP contribution in [0.5, 0.6) is 0 Å². The van der Waals surface area contributed by atoms with Crippen molar-refractivity contribution in [3.05, 3.63) is 48.2 Å². The molecule has 7 heteroatoms. The zero-order chi connectivity index (χ0) is 15.5. The highest BCUT2D eigenvalue weighted by Crippen LogP contribution is 2.29. The highest BCUT2D eigenvalue weighted by atomic mass is 32.2. The molecule has 1 N–H and O–H groups in total. The van der Waals surface area contributed by atoms with Gasteiger partial charge in [-0.2, -0.15) is 9.61 Å². The van der Waals surface area contributed by atoms with Crippen LogP contribution in [0, 0.1) is 0 Å². The normalized spacial score (nSPS) is 10.6. The second-order valence-electron chi connectivity index (χ2n) is 4.43. The minimum atomic E-state index is -0.451. The van der Waals surface area contributed by atoms with E-state index < -0.39 is 5.97 Å².